The van der Waals surface area contributed by atoms with Gasteiger partial charge in [-0.15, -0.1) is 13.2 Å². The molecule has 24 heavy (non-hydrogen) atoms. The largest absolute Gasteiger partial charge is 0.336 e. The summed E-state index contributed by atoms with van der Waals surface area (Å²) in [5.41, 5.74) is -1.67. The Labute approximate surface area is 144 Å². The minimum absolute atomic E-state index is 0.0256. The van der Waals surface area contributed by atoms with Gasteiger partial charge < -0.3 is 0 Å². The van der Waals surface area contributed by atoms with Crippen LogP contribution in [0.15, 0.2) is 62.4 Å². The minimum atomic E-state index is -0.745. The third-order valence-electron chi connectivity index (χ3n) is 3.33. The third-order valence-corrected chi connectivity index (χ3v) is 3.94. The van der Waals surface area contributed by atoms with E-state index in [2.05, 4.69) is 29.1 Å². The number of nitrogens with zero attached hydrogens (tertiary/aromatic N) is 3. The number of benzene rings is 1. The Balaban J connectivity index is 2.68. The van der Waals surface area contributed by atoms with Crippen molar-refractivity contribution in [2.75, 3.05) is 0 Å². The number of allylic oxidation sites excluding steroid dienone is 2. The molecular weight excluding hydrogens is 381 g/mol. The maximum Gasteiger partial charge on any atom is 0.336 e. The second kappa shape index (κ2) is 7.39. The van der Waals surface area contributed by atoms with Gasteiger partial charge in [-0.1, -0.05) is 18.2 Å². The summed E-state index contributed by atoms with van der Waals surface area (Å²) < 4.78 is 16.3. The van der Waals surface area contributed by atoms with Crippen LogP contribution < -0.4 is 17.1 Å². The van der Waals surface area contributed by atoms with Gasteiger partial charge in [0.2, 0.25) is 0 Å². The Bertz CT molecular complexity index is 924. The highest BCUT2D eigenvalue weighted by molar-refractivity contribution is 9.10. The number of aromatic nitrogens is 3. The monoisotopic (exact) mass is 395 g/mol. The van der Waals surface area contributed by atoms with Crippen LogP contribution in [-0.4, -0.2) is 13.7 Å². The molecule has 0 aliphatic carbocycles. The van der Waals surface area contributed by atoms with Gasteiger partial charge in [-0.05, 0) is 33.6 Å². The lowest BCUT2D eigenvalue weighted by Crippen LogP contribution is -2.54. The number of hydrogen-bond acceptors (Lipinski definition) is 3. The van der Waals surface area contributed by atoms with Gasteiger partial charge in [0.15, 0.2) is 0 Å². The molecule has 0 saturated carbocycles. The van der Waals surface area contributed by atoms with E-state index in [-0.39, 0.29) is 24.1 Å². The molecule has 0 aliphatic heterocycles. The van der Waals surface area contributed by atoms with Gasteiger partial charge in [-0.3, -0.25) is 0 Å². The van der Waals surface area contributed by atoms with Gasteiger partial charge >= 0.3 is 17.1 Å². The maximum atomic E-state index is 13.3. The molecule has 0 amide bonds. The predicted octanol–water partition coefficient (Wildman–Crippen LogP) is 1.49. The van der Waals surface area contributed by atoms with Crippen LogP contribution in [0.25, 0.3) is 0 Å². The Hall–Kier alpha value is -2.48. The molecule has 2 aromatic rings. The smallest absolute Gasteiger partial charge is 0.247 e. The lowest BCUT2D eigenvalue weighted by atomic mass is 10.2. The molecule has 0 atom stereocenters. The third kappa shape index (κ3) is 3.38. The SMILES string of the molecule is C=CCn1c(=O)n(CC=C)c(=O)n(Cc2ccc(F)c(Br)c2)c1=O. The van der Waals surface area contributed by atoms with Gasteiger partial charge in [0, 0.05) is 0 Å². The van der Waals surface area contributed by atoms with Crippen molar-refractivity contribution in [1.82, 2.24) is 13.7 Å². The van der Waals surface area contributed by atoms with E-state index in [0.29, 0.717) is 5.56 Å². The molecule has 0 N–H and O–H groups in total. The zero-order chi connectivity index (χ0) is 17.9. The lowest BCUT2D eigenvalue weighted by Gasteiger charge is -2.12. The van der Waals surface area contributed by atoms with E-state index < -0.39 is 22.9 Å². The molecule has 0 radical (unpaired) electrons. The van der Waals surface area contributed by atoms with E-state index in [1.807, 2.05) is 0 Å². The fourth-order valence-electron chi connectivity index (χ4n) is 2.21. The summed E-state index contributed by atoms with van der Waals surface area (Å²) >= 11 is 3.06. The first-order valence-electron chi connectivity index (χ1n) is 7.01. The van der Waals surface area contributed by atoms with Crippen molar-refractivity contribution in [3.8, 4) is 0 Å². The van der Waals surface area contributed by atoms with Crippen LogP contribution in [0.1, 0.15) is 5.56 Å². The van der Waals surface area contributed by atoms with Crippen LogP contribution in [0.5, 0.6) is 0 Å². The first kappa shape index (κ1) is 17.9. The van der Waals surface area contributed by atoms with Gasteiger partial charge in [0.1, 0.15) is 5.82 Å². The first-order chi connectivity index (χ1) is 11.4. The summed E-state index contributed by atoms with van der Waals surface area (Å²) in [5.74, 6) is -0.452. The quantitative estimate of drug-likeness (QED) is 0.696. The Morgan fingerprint density at radius 3 is 1.92 bits per heavy atom. The maximum absolute atomic E-state index is 13.3. The number of rotatable bonds is 6. The predicted molar refractivity (Wildman–Crippen MR) is 92.8 cm³/mol. The summed E-state index contributed by atoms with van der Waals surface area (Å²) in [6, 6.07) is 4.17. The van der Waals surface area contributed by atoms with E-state index in [4.69, 9.17) is 0 Å². The Morgan fingerprint density at radius 1 is 0.958 bits per heavy atom. The molecule has 0 saturated heterocycles. The Morgan fingerprint density at radius 2 is 1.46 bits per heavy atom. The van der Waals surface area contributed by atoms with Crippen molar-refractivity contribution in [2.24, 2.45) is 0 Å². The zero-order valence-corrected chi connectivity index (χ0v) is 14.3. The number of hydrogen-bond donors (Lipinski definition) is 0. The van der Waals surface area contributed by atoms with Crippen LogP contribution in [0.4, 0.5) is 4.39 Å². The van der Waals surface area contributed by atoms with E-state index in [1.165, 1.54) is 30.4 Å². The van der Waals surface area contributed by atoms with Gasteiger partial charge in [0.25, 0.3) is 0 Å². The summed E-state index contributed by atoms with van der Waals surface area (Å²) in [7, 11) is 0. The van der Waals surface area contributed by atoms with E-state index in [1.54, 1.807) is 0 Å². The summed E-state index contributed by atoms with van der Waals surface area (Å²) in [6.45, 7) is 6.87. The molecule has 0 spiro atoms. The molecule has 1 aromatic heterocycles. The van der Waals surface area contributed by atoms with Crippen molar-refractivity contribution < 1.29 is 4.39 Å². The molecule has 0 bridgehead atoms. The van der Waals surface area contributed by atoms with Crippen LogP contribution in [0, 0.1) is 5.82 Å². The zero-order valence-electron chi connectivity index (χ0n) is 12.7. The normalized spacial score (nSPS) is 10.6. The molecule has 1 aromatic carbocycles. The highest BCUT2D eigenvalue weighted by Gasteiger charge is 2.14. The fourth-order valence-corrected chi connectivity index (χ4v) is 2.64. The van der Waals surface area contributed by atoms with E-state index in [9.17, 15) is 18.8 Å². The standard InChI is InChI=1S/C16H15BrFN3O3/c1-3-7-19-14(22)20(8-4-2)16(24)21(15(19)23)10-11-5-6-13(18)12(17)9-11/h3-6,9H,1-2,7-8,10H2. The average molecular weight is 396 g/mol. The minimum Gasteiger partial charge on any atom is -0.247 e. The fraction of sp³-hybridized carbons (Fsp3) is 0.188. The Kier molecular flexibility index (Phi) is 5.50. The summed E-state index contributed by atoms with van der Waals surface area (Å²) in [4.78, 5) is 37.2. The molecule has 6 nitrogen and oxygen atoms in total. The van der Waals surface area contributed by atoms with Crippen molar-refractivity contribution in [3.63, 3.8) is 0 Å². The van der Waals surface area contributed by atoms with Crippen molar-refractivity contribution >= 4 is 15.9 Å². The molecular formula is C16H15BrFN3O3. The highest BCUT2D eigenvalue weighted by Crippen LogP contribution is 2.16. The number of halogens is 2. The first-order valence-corrected chi connectivity index (χ1v) is 7.80. The van der Waals surface area contributed by atoms with Gasteiger partial charge in [0.05, 0.1) is 24.1 Å². The van der Waals surface area contributed by atoms with E-state index in [0.717, 1.165) is 13.7 Å². The second-order valence-electron chi connectivity index (χ2n) is 4.98. The summed E-state index contributed by atoms with van der Waals surface area (Å²) in [6.07, 6.45) is 2.79. The average Bonchev–Trinajstić information content (AvgIpc) is 2.55. The molecule has 1 heterocycles. The molecule has 0 unspecified atom stereocenters. The van der Waals surface area contributed by atoms with Crippen LogP contribution >= 0.6 is 15.9 Å². The van der Waals surface area contributed by atoms with Crippen molar-refractivity contribution in [3.05, 3.63) is 90.8 Å². The highest BCUT2D eigenvalue weighted by atomic mass is 79.9. The van der Waals surface area contributed by atoms with Gasteiger partial charge in [-0.2, -0.15) is 0 Å². The van der Waals surface area contributed by atoms with Crippen LogP contribution in [0.3, 0.4) is 0 Å². The molecule has 0 fully saturated rings. The van der Waals surface area contributed by atoms with Crippen molar-refractivity contribution in [1.29, 1.82) is 0 Å². The van der Waals surface area contributed by atoms with Crippen LogP contribution in [-0.2, 0) is 19.6 Å². The van der Waals surface area contributed by atoms with Crippen molar-refractivity contribution in [2.45, 2.75) is 19.6 Å². The molecule has 8 heteroatoms. The second-order valence-corrected chi connectivity index (χ2v) is 5.84. The molecule has 126 valence electrons. The van der Waals surface area contributed by atoms with E-state index >= 15 is 0 Å². The molecule has 2 rings (SSSR count). The summed E-state index contributed by atoms with van der Waals surface area (Å²) in [5, 5.41) is 0. The molecule has 0 aliphatic rings. The lowest BCUT2D eigenvalue weighted by molar-refractivity contribution is 0.498. The van der Waals surface area contributed by atoms with Gasteiger partial charge in [-0.25, -0.2) is 32.5 Å². The topological polar surface area (TPSA) is 66.0 Å². The van der Waals surface area contributed by atoms with Crippen LogP contribution in [0.2, 0.25) is 0 Å².